The van der Waals surface area contributed by atoms with Crippen LogP contribution in [-0.2, 0) is 0 Å². The topological polar surface area (TPSA) is 0 Å². The minimum atomic E-state index is 0.460. The largest absolute Gasteiger partial charge is 0.155 e. The van der Waals surface area contributed by atoms with E-state index in [0.717, 1.165) is 5.92 Å². The van der Waals surface area contributed by atoms with Gasteiger partial charge in [0.25, 0.3) is 0 Å². The molecule has 9 heavy (non-hydrogen) atoms. The Morgan fingerprint density at radius 2 is 2.33 bits per heavy atom. The minimum Gasteiger partial charge on any atom is -0.155 e. The summed E-state index contributed by atoms with van der Waals surface area (Å²) in [5.41, 5.74) is 0. The number of rotatable bonds is 1. The molecule has 0 amide bonds. The van der Waals surface area contributed by atoms with Crippen LogP contribution in [0.15, 0.2) is 12.7 Å². The van der Waals surface area contributed by atoms with Crippen LogP contribution in [0.3, 0.4) is 0 Å². The third-order valence-electron chi connectivity index (χ3n) is 2.08. The number of hydrogen-bond donors (Lipinski definition) is 0. The van der Waals surface area contributed by atoms with Crippen LogP contribution in [0.5, 0.6) is 0 Å². The van der Waals surface area contributed by atoms with Crippen molar-refractivity contribution in [3.8, 4) is 0 Å². The van der Waals surface area contributed by atoms with Crippen molar-refractivity contribution in [3.05, 3.63) is 12.7 Å². The SMILES string of the molecule is C=CC1CCSC1(C)C. The molecule has 0 N–H and O–H groups in total. The molecule has 0 aliphatic carbocycles. The fourth-order valence-electron chi connectivity index (χ4n) is 1.31. The molecule has 1 rings (SSSR count). The first-order valence-corrected chi connectivity index (χ1v) is 4.42. The molecule has 1 aliphatic heterocycles. The van der Waals surface area contributed by atoms with Crippen molar-refractivity contribution in [1.82, 2.24) is 0 Å². The third-order valence-corrected chi connectivity index (χ3v) is 3.57. The van der Waals surface area contributed by atoms with Gasteiger partial charge in [0.2, 0.25) is 0 Å². The average Bonchev–Trinajstić information content (AvgIpc) is 2.08. The molecule has 0 radical (unpaired) electrons. The second-order valence-corrected chi connectivity index (χ2v) is 4.83. The molecule has 0 nitrogen and oxygen atoms in total. The Bertz CT molecular complexity index is 116. The van der Waals surface area contributed by atoms with E-state index in [1.54, 1.807) is 0 Å². The lowest BCUT2D eigenvalue weighted by atomic mass is 9.93. The molecule has 52 valence electrons. The van der Waals surface area contributed by atoms with Crippen LogP contribution in [0, 0.1) is 5.92 Å². The maximum absolute atomic E-state index is 3.82. The van der Waals surface area contributed by atoms with E-state index in [9.17, 15) is 0 Å². The van der Waals surface area contributed by atoms with Crippen LogP contribution in [-0.4, -0.2) is 10.5 Å². The number of hydrogen-bond acceptors (Lipinski definition) is 1. The molecule has 0 aromatic heterocycles. The minimum absolute atomic E-state index is 0.460. The van der Waals surface area contributed by atoms with E-state index < -0.39 is 0 Å². The van der Waals surface area contributed by atoms with E-state index in [1.165, 1.54) is 12.2 Å². The van der Waals surface area contributed by atoms with Gasteiger partial charge in [-0.2, -0.15) is 11.8 Å². The van der Waals surface area contributed by atoms with Gasteiger partial charge in [0.15, 0.2) is 0 Å². The van der Waals surface area contributed by atoms with Gasteiger partial charge in [0, 0.05) is 4.75 Å². The monoisotopic (exact) mass is 142 g/mol. The molecule has 1 unspecified atom stereocenters. The van der Waals surface area contributed by atoms with Crippen LogP contribution in [0.25, 0.3) is 0 Å². The quantitative estimate of drug-likeness (QED) is 0.507. The summed E-state index contributed by atoms with van der Waals surface area (Å²) in [6.45, 7) is 8.43. The van der Waals surface area contributed by atoms with Gasteiger partial charge in [-0.1, -0.05) is 19.9 Å². The van der Waals surface area contributed by atoms with E-state index >= 15 is 0 Å². The van der Waals surface area contributed by atoms with Gasteiger partial charge >= 0.3 is 0 Å². The summed E-state index contributed by atoms with van der Waals surface area (Å²) in [4.78, 5) is 0. The highest BCUT2D eigenvalue weighted by atomic mass is 32.2. The van der Waals surface area contributed by atoms with E-state index in [4.69, 9.17) is 0 Å². The van der Waals surface area contributed by atoms with Gasteiger partial charge in [0.05, 0.1) is 0 Å². The van der Waals surface area contributed by atoms with E-state index in [-0.39, 0.29) is 0 Å². The summed E-state index contributed by atoms with van der Waals surface area (Å²) in [6, 6.07) is 0. The Morgan fingerprint density at radius 3 is 2.56 bits per heavy atom. The molecule has 1 heteroatoms. The third kappa shape index (κ3) is 1.32. The highest BCUT2D eigenvalue weighted by Gasteiger charge is 2.32. The molecule has 1 atom stereocenters. The Balaban J connectivity index is 2.62. The van der Waals surface area contributed by atoms with Gasteiger partial charge in [-0.3, -0.25) is 0 Å². The van der Waals surface area contributed by atoms with Crippen molar-refractivity contribution in [2.24, 2.45) is 5.92 Å². The van der Waals surface area contributed by atoms with Gasteiger partial charge in [-0.15, -0.1) is 6.58 Å². The molecular weight excluding hydrogens is 128 g/mol. The zero-order chi connectivity index (χ0) is 6.91. The van der Waals surface area contributed by atoms with Crippen LogP contribution in [0.1, 0.15) is 20.3 Å². The first-order valence-electron chi connectivity index (χ1n) is 3.43. The van der Waals surface area contributed by atoms with Crippen molar-refractivity contribution in [1.29, 1.82) is 0 Å². The fourth-order valence-corrected chi connectivity index (χ4v) is 2.63. The lowest BCUT2D eigenvalue weighted by molar-refractivity contribution is 0.530. The lowest BCUT2D eigenvalue weighted by Gasteiger charge is -2.22. The molecule has 1 aliphatic rings. The molecule has 0 spiro atoms. The van der Waals surface area contributed by atoms with Crippen LogP contribution < -0.4 is 0 Å². The van der Waals surface area contributed by atoms with Crippen molar-refractivity contribution in [3.63, 3.8) is 0 Å². The number of thioether (sulfide) groups is 1. The molecule has 1 heterocycles. The average molecular weight is 142 g/mol. The molecule has 1 fully saturated rings. The maximum atomic E-state index is 3.82. The van der Waals surface area contributed by atoms with Crippen molar-refractivity contribution in [2.75, 3.05) is 5.75 Å². The smallest absolute Gasteiger partial charge is 0.0166 e. The Morgan fingerprint density at radius 1 is 1.67 bits per heavy atom. The van der Waals surface area contributed by atoms with Crippen LogP contribution >= 0.6 is 11.8 Å². The summed E-state index contributed by atoms with van der Waals surface area (Å²) in [7, 11) is 0. The molecule has 1 saturated heterocycles. The summed E-state index contributed by atoms with van der Waals surface area (Å²) < 4.78 is 0.460. The van der Waals surface area contributed by atoms with Crippen LogP contribution in [0.2, 0.25) is 0 Å². The maximum Gasteiger partial charge on any atom is 0.0166 e. The molecular formula is C8H14S. The number of allylic oxidation sites excluding steroid dienone is 1. The van der Waals surface area contributed by atoms with Gasteiger partial charge in [-0.25, -0.2) is 0 Å². The van der Waals surface area contributed by atoms with E-state index in [0.29, 0.717) is 4.75 Å². The van der Waals surface area contributed by atoms with Crippen molar-refractivity contribution < 1.29 is 0 Å². The summed E-state index contributed by atoms with van der Waals surface area (Å²) in [5, 5.41) is 0. The second kappa shape index (κ2) is 2.37. The lowest BCUT2D eigenvalue weighted by Crippen LogP contribution is -2.19. The van der Waals surface area contributed by atoms with Crippen LogP contribution in [0.4, 0.5) is 0 Å². The van der Waals surface area contributed by atoms with Crippen molar-refractivity contribution >= 4 is 11.8 Å². The first-order chi connectivity index (χ1) is 4.17. The van der Waals surface area contributed by atoms with E-state index in [2.05, 4.69) is 38.3 Å². The second-order valence-electron chi connectivity index (χ2n) is 3.08. The summed E-state index contributed by atoms with van der Waals surface area (Å²) >= 11 is 2.06. The Labute approximate surface area is 61.7 Å². The predicted molar refractivity (Wildman–Crippen MR) is 44.8 cm³/mol. The Hall–Kier alpha value is 0.0900. The van der Waals surface area contributed by atoms with E-state index in [1.807, 2.05) is 0 Å². The highest BCUT2D eigenvalue weighted by Crippen LogP contribution is 2.42. The van der Waals surface area contributed by atoms with Gasteiger partial charge < -0.3 is 0 Å². The Kier molecular flexibility index (Phi) is 1.90. The summed E-state index contributed by atoms with van der Waals surface area (Å²) in [6.07, 6.45) is 3.42. The fraction of sp³-hybridized carbons (Fsp3) is 0.750. The van der Waals surface area contributed by atoms with Gasteiger partial charge in [-0.05, 0) is 18.1 Å². The molecule has 0 aromatic carbocycles. The van der Waals surface area contributed by atoms with Gasteiger partial charge in [0.1, 0.15) is 0 Å². The zero-order valence-corrected chi connectivity index (χ0v) is 7.00. The predicted octanol–water partition coefficient (Wildman–Crippen LogP) is 2.70. The first kappa shape index (κ1) is 7.20. The standard InChI is InChI=1S/C8H14S/c1-4-7-5-6-9-8(7,2)3/h4,7H,1,5-6H2,2-3H3. The normalized spacial score (nSPS) is 32.4. The molecule has 0 aromatic rings. The zero-order valence-electron chi connectivity index (χ0n) is 6.18. The molecule has 0 saturated carbocycles. The highest BCUT2D eigenvalue weighted by molar-refractivity contribution is 8.00. The molecule has 0 bridgehead atoms. The summed E-state index contributed by atoms with van der Waals surface area (Å²) in [5.74, 6) is 2.05. The van der Waals surface area contributed by atoms with Crippen molar-refractivity contribution in [2.45, 2.75) is 25.0 Å².